The Morgan fingerprint density at radius 2 is 0.519 bits per heavy atom. The first-order valence-electron chi connectivity index (χ1n) is 15.3. The van der Waals surface area contributed by atoms with Crippen LogP contribution in [0.2, 0.25) is 0 Å². The minimum absolute atomic E-state index is 0.0802. The first kappa shape index (κ1) is 45.2. The first-order chi connectivity index (χ1) is 25.4. The number of rotatable bonds is 20. The molecule has 0 amide bonds. The summed E-state index contributed by atoms with van der Waals surface area (Å²) in [6, 6.07) is 1.44. The lowest BCUT2D eigenvalue weighted by Crippen LogP contribution is -2.20. The molecule has 20 heteroatoms. The van der Waals surface area contributed by atoms with E-state index < -0.39 is 124 Å². The summed E-state index contributed by atoms with van der Waals surface area (Å²) in [5.74, 6) is -5.91. The molecule has 0 bridgehead atoms. The van der Waals surface area contributed by atoms with E-state index in [9.17, 15) is 38.4 Å². The lowest BCUT2D eigenvalue weighted by Gasteiger charge is -2.16. The van der Waals surface area contributed by atoms with Gasteiger partial charge in [0.25, 0.3) is 0 Å². The molecule has 0 N–H and O–H groups in total. The van der Waals surface area contributed by atoms with E-state index in [4.69, 9.17) is 56.8 Å². The van der Waals surface area contributed by atoms with Crippen LogP contribution in [0.4, 0.5) is 19.2 Å². The SMILES string of the molecule is C=C(C)C(=O)OCCOC(=O)Oc1cc(OC(=O)OCCOC(=O)C(=C)C)c(OC(=O)OCCOC(=O)C(=C)C)cc1OC(=O)OCCOC(=O)C(=C)C. The van der Waals surface area contributed by atoms with Gasteiger partial charge in [-0.25, -0.2) is 38.4 Å². The zero-order chi connectivity index (χ0) is 40.8. The predicted octanol–water partition coefficient (Wildman–Crippen LogP) is 4.23. The van der Waals surface area contributed by atoms with Crippen molar-refractivity contribution in [2.45, 2.75) is 27.7 Å². The van der Waals surface area contributed by atoms with E-state index in [-0.39, 0.29) is 22.3 Å². The van der Waals surface area contributed by atoms with Crippen LogP contribution in [0.15, 0.2) is 60.7 Å². The van der Waals surface area contributed by atoms with Crippen LogP contribution in [-0.2, 0) is 57.1 Å². The molecule has 0 saturated carbocycles. The summed E-state index contributed by atoms with van der Waals surface area (Å²) in [6.45, 7) is 15.5. The Morgan fingerprint density at radius 1 is 0.352 bits per heavy atom. The van der Waals surface area contributed by atoms with Gasteiger partial charge in [0.2, 0.25) is 0 Å². The molecule has 0 radical (unpaired) electrons. The Bertz CT molecular complexity index is 1400. The molecular formula is C34H38O20. The van der Waals surface area contributed by atoms with Crippen LogP contribution in [0.1, 0.15) is 27.7 Å². The summed E-state index contributed by atoms with van der Waals surface area (Å²) < 4.78 is 58.9. The van der Waals surface area contributed by atoms with Gasteiger partial charge in [0.05, 0.1) is 0 Å². The second-order valence-corrected chi connectivity index (χ2v) is 10.2. The van der Waals surface area contributed by atoms with Crippen LogP contribution in [0.5, 0.6) is 23.0 Å². The van der Waals surface area contributed by atoms with E-state index in [1.54, 1.807) is 0 Å². The maximum atomic E-state index is 12.5. The van der Waals surface area contributed by atoms with Crippen molar-refractivity contribution in [2.24, 2.45) is 0 Å². The third-order valence-corrected chi connectivity index (χ3v) is 5.32. The Balaban J connectivity index is 3.33. The van der Waals surface area contributed by atoms with Crippen molar-refractivity contribution < 1.29 is 95.2 Å². The molecule has 0 spiro atoms. The molecule has 294 valence electrons. The fourth-order valence-corrected chi connectivity index (χ4v) is 2.85. The van der Waals surface area contributed by atoms with E-state index in [0.29, 0.717) is 0 Å². The number of carbonyl (C=O) groups is 8. The number of carbonyl (C=O) groups excluding carboxylic acids is 8. The molecule has 0 atom stereocenters. The van der Waals surface area contributed by atoms with Crippen molar-refractivity contribution in [3.8, 4) is 23.0 Å². The molecular weight excluding hydrogens is 728 g/mol. The van der Waals surface area contributed by atoms with E-state index >= 15 is 0 Å². The molecule has 54 heavy (non-hydrogen) atoms. The molecule has 0 aromatic heterocycles. The highest BCUT2D eigenvalue weighted by Gasteiger charge is 2.25. The average Bonchev–Trinajstić information content (AvgIpc) is 3.09. The third kappa shape index (κ3) is 18.4. The second-order valence-electron chi connectivity index (χ2n) is 10.2. The number of ether oxygens (including phenoxy) is 12. The Hall–Kier alpha value is -6.86. The van der Waals surface area contributed by atoms with Gasteiger partial charge in [-0.15, -0.1) is 0 Å². The quantitative estimate of drug-likeness (QED) is 0.0592. The molecule has 0 heterocycles. The van der Waals surface area contributed by atoms with Crippen LogP contribution in [0.25, 0.3) is 0 Å². The second kappa shape index (κ2) is 23.6. The van der Waals surface area contributed by atoms with Gasteiger partial charge in [-0.05, 0) is 27.7 Å². The molecule has 0 saturated heterocycles. The van der Waals surface area contributed by atoms with E-state index in [2.05, 4.69) is 26.3 Å². The predicted molar refractivity (Wildman–Crippen MR) is 177 cm³/mol. The average molecular weight is 767 g/mol. The fraction of sp³-hybridized carbons (Fsp3) is 0.353. The number of hydrogen-bond acceptors (Lipinski definition) is 20. The highest BCUT2D eigenvalue weighted by Crippen LogP contribution is 2.41. The van der Waals surface area contributed by atoms with Crippen LogP contribution in [0.3, 0.4) is 0 Å². The van der Waals surface area contributed by atoms with Crippen molar-refractivity contribution in [3.05, 3.63) is 60.7 Å². The largest absolute Gasteiger partial charge is 0.514 e. The summed E-state index contributed by atoms with van der Waals surface area (Å²) in [7, 11) is 0. The van der Waals surface area contributed by atoms with E-state index in [1.807, 2.05) is 0 Å². The van der Waals surface area contributed by atoms with Crippen molar-refractivity contribution >= 4 is 48.5 Å². The third-order valence-electron chi connectivity index (χ3n) is 5.32. The summed E-state index contributed by atoms with van der Waals surface area (Å²) in [5, 5.41) is 0. The Kier molecular flexibility index (Phi) is 19.7. The van der Waals surface area contributed by atoms with Gasteiger partial charge in [-0.1, -0.05) is 26.3 Å². The molecule has 20 nitrogen and oxygen atoms in total. The zero-order valence-corrected chi connectivity index (χ0v) is 29.8. The monoisotopic (exact) mass is 766 g/mol. The summed E-state index contributed by atoms with van der Waals surface area (Å²) in [6.07, 6.45) is -5.85. The highest BCUT2D eigenvalue weighted by molar-refractivity contribution is 5.88. The molecule has 0 aliphatic heterocycles. The van der Waals surface area contributed by atoms with Gasteiger partial charge in [0.15, 0.2) is 23.0 Å². The lowest BCUT2D eigenvalue weighted by molar-refractivity contribution is -0.140. The maximum absolute atomic E-state index is 12.5. The Labute approximate surface area is 308 Å². The number of hydrogen-bond donors (Lipinski definition) is 0. The fourth-order valence-electron chi connectivity index (χ4n) is 2.85. The zero-order valence-electron chi connectivity index (χ0n) is 29.8. The van der Waals surface area contributed by atoms with Crippen molar-refractivity contribution in [2.75, 3.05) is 52.9 Å². The van der Waals surface area contributed by atoms with E-state index in [1.165, 1.54) is 27.7 Å². The molecule has 0 aliphatic rings. The molecule has 0 fully saturated rings. The minimum Gasteiger partial charge on any atom is -0.459 e. The smallest absolute Gasteiger partial charge is 0.459 e. The van der Waals surface area contributed by atoms with Crippen LogP contribution < -0.4 is 18.9 Å². The minimum atomic E-state index is -1.46. The van der Waals surface area contributed by atoms with Crippen molar-refractivity contribution in [1.29, 1.82) is 0 Å². The maximum Gasteiger partial charge on any atom is 0.514 e. The van der Waals surface area contributed by atoms with Crippen molar-refractivity contribution in [3.63, 3.8) is 0 Å². The topological polar surface area (TPSA) is 247 Å². The van der Waals surface area contributed by atoms with E-state index in [0.717, 1.165) is 12.1 Å². The van der Waals surface area contributed by atoms with Gasteiger partial charge in [-0.2, -0.15) is 0 Å². The van der Waals surface area contributed by atoms with Crippen LogP contribution in [0, 0.1) is 0 Å². The number of esters is 4. The Morgan fingerprint density at radius 3 is 0.685 bits per heavy atom. The summed E-state index contributed by atoms with van der Waals surface area (Å²) in [4.78, 5) is 96.3. The lowest BCUT2D eigenvalue weighted by atomic mass is 10.2. The van der Waals surface area contributed by atoms with Gasteiger partial charge in [0.1, 0.15) is 52.9 Å². The summed E-state index contributed by atoms with van der Waals surface area (Å²) >= 11 is 0. The van der Waals surface area contributed by atoms with Crippen molar-refractivity contribution in [1.82, 2.24) is 0 Å². The van der Waals surface area contributed by atoms with Gasteiger partial charge in [-0.3, -0.25) is 0 Å². The van der Waals surface area contributed by atoms with Crippen LogP contribution in [-0.4, -0.2) is 101 Å². The van der Waals surface area contributed by atoms with Gasteiger partial charge in [0, 0.05) is 34.4 Å². The molecule has 0 unspecified atom stereocenters. The standard InChI is InChI=1S/C34H38O20/c1-19(2)27(35)43-9-13-47-31(39)51-23-17-25(53-33(41)49-15-11-45-29(37)21(5)6)26(54-34(42)50-16-12-46-30(38)22(7)8)18-24(23)52-32(40)48-14-10-44-28(36)20(3)4/h17-18H,1,3,5,7,9-16H2,2,4,6,8H3. The van der Waals surface area contributed by atoms with Crippen LogP contribution >= 0.6 is 0 Å². The molecule has 1 aromatic carbocycles. The molecule has 0 aliphatic carbocycles. The van der Waals surface area contributed by atoms with Gasteiger partial charge >= 0.3 is 48.5 Å². The first-order valence-corrected chi connectivity index (χ1v) is 15.3. The summed E-state index contributed by atoms with van der Waals surface area (Å²) in [5.41, 5.74) is 0.321. The highest BCUT2D eigenvalue weighted by atomic mass is 16.8. The molecule has 1 rings (SSSR count). The van der Waals surface area contributed by atoms with Gasteiger partial charge < -0.3 is 56.8 Å². The molecule has 1 aromatic rings. The number of benzene rings is 1. The normalized spacial score (nSPS) is 9.85.